The van der Waals surface area contributed by atoms with Crippen LogP contribution in [0.1, 0.15) is 15.9 Å². The lowest BCUT2D eigenvalue weighted by atomic mass is 10.2. The van der Waals surface area contributed by atoms with E-state index in [1.165, 1.54) is 11.6 Å². The van der Waals surface area contributed by atoms with Crippen LogP contribution in [0.25, 0.3) is 0 Å². The van der Waals surface area contributed by atoms with Gasteiger partial charge in [-0.2, -0.15) is 0 Å². The van der Waals surface area contributed by atoms with Crippen molar-refractivity contribution in [1.82, 2.24) is 14.8 Å². The van der Waals surface area contributed by atoms with E-state index in [2.05, 4.69) is 20.1 Å². The number of benzene rings is 1. The summed E-state index contributed by atoms with van der Waals surface area (Å²) in [5, 5.41) is 13.0. The van der Waals surface area contributed by atoms with Gasteiger partial charge in [-0.1, -0.05) is 11.6 Å². The van der Waals surface area contributed by atoms with Gasteiger partial charge in [-0.15, -0.1) is 0 Å². The van der Waals surface area contributed by atoms with E-state index in [1.54, 1.807) is 12.1 Å². The van der Waals surface area contributed by atoms with Crippen LogP contribution in [-0.4, -0.2) is 57.2 Å². The van der Waals surface area contributed by atoms with Gasteiger partial charge < -0.3 is 15.3 Å². The molecule has 0 spiro atoms. The fourth-order valence-corrected chi connectivity index (χ4v) is 3.39. The number of thiocarbonyl (C=S) groups is 1. The molecule has 136 valence electrons. The molecule has 6 nitrogen and oxygen atoms in total. The van der Waals surface area contributed by atoms with E-state index in [0.29, 0.717) is 10.8 Å². The fraction of sp³-hybridized carbons (Fsp3) is 0.278. The minimum atomic E-state index is -1.05. The number of carboxylic acids is 1. The van der Waals surface area contributed by atoms with Gasteiger partial charge in [0.15, 0.2) is 5.11 Å². The maximum atomic E-state index is 11.0. The third-order valence-electron chi connectivity index (χ3n) is 4.27. The Bertz CT molecular complexity index is 795. The molecular formula is C18H19ClN4O2S. The van der Waals surface area contributed by atoms with Crippen molar-refractivity contribution in [2.75, 3.05) is 31.5 Å². The van der Waals surface area contributed by atoms with E-state index >= 15 is 0 Å². The summed E-state index contributed by atoms with van der Waals surface area (Å²) in [7, 11) is 0. The molecule has 0 atom stereocenters. The van der Waals surface area contributed by atoms with Crippen molar-refractivity contribution in [1.29, 1.82) is 0 Å². The van der Waals surface area contributed by atoms with Crippen LogP contribution in [-0.2, 0) is 6.54 Å². The molecule has 2 aromatic rings. The molecule has 8 heteroatoms. The predicted molar refractivity (Wildman–Crippen MR) is 106 cm³/mol. The molecule has 1 saturated heterocycles. The monoisotopic (exact) mass is 390 g/mol. The number of pyridine rings is 1. The number of hydrogen-bond donors (Lipinski definition) is 2. The highest BCUT2D eigenvalue weighted by Crippen LogP contribution is 2.21. The lowest BCUT2D eigenvalue weighted by molar-refractivity contribution is 0.0697. The first-order chi connectivity index (χ1) is 12.5. The largest absolute Gasteiger partial charge is 0.478 e. The number of carboxylic acid groups (broad SMARTS) is 1. The van der Waals surface area contributed by atoms with E-state index in [4.69, 9.17) is 28.9 Å². The first-order valence-corrected chi connectivity index (χ1v) is 9.01. The summed E-state index contributed by atoms with van der Waals surface area (Å²) in [5.41, 5.74) is 2.01. The molecule has 0 bridgehead atoms. The van der Waals surface area contributed by atoms with Gasteiger partial charge in [-0.3, -0.25) is 9.88 Å². The lowest BCUT2D eigenvalue weighted by Gasteiger charge is -2.36. The average molecular weight is 391 g/mol. The van der Waals surface area contributed by atoms with Crippen molar-refractivity contribution < 1.29 is 9.90 Å². The highest BCUT2D eigenvalue weighted by molar-refractivity contribution is 7.80. The number of aromatic carboxylic acids is 1. The Hall–Kier alpha value is -2.22. The summed E-state index contributed by atoms with van der Waals surface area (Å²) in [6.07, 6.45) is 3.62. The summed E-state index contributed by atoms with van der Waals surface area (Å²) in [4.78, 5) is 19.5. The molecule has 2 N–H and O–H groups in total. The molecule has 1 fully saturated rings. The molecule has 0 amide bonds. The Morgan fingerprint density at radius 3 is 2.50 bits per heavy atom. The standard InChI is InChI=1S/C18H19ClN4O2S/c19-16-11-14(1-2-15(16)17(24)25)21-18(26)23-9-7-22(8-10-23)12-13-3-5-20-6-4-13/h1-6,11H,7-10,12H2,(H,21,26)(H,24,25). The Kier molecular flexibility index (Phi) is 6.03. The number of nitrogens with zero attached hydrogens (tertiary/aromatic N) is 3. The number of halogens is 1. The zero-order valence-corrected chi connectivity index (χ0v) is 15.6. The van der Waals surface area contributed by atoms with Gasteiger partial charge in [0.2, 0.25) is 0 Å². The molecule has 0 radical (unpaired) electrons. The van der Waals surface area contributed by atoms with E-state index < -0.39 is 5.97 Å². The second-order valence-corrected chi connectivity index (χ2v) is 6.84. The van der Waals surface area contributed by atoms with Crippen LogP contribution in [0.15, 0.2) is 42.7 Å². The number of anilines is 1. The maximum Gasteiger partial charge on any atom is 0.337 e. The first-order valence-electron chi connectivity index (χ1n) is 8.23. The highest BCUT2D eigenvalue weighted by atomic mass is 35.5. The SMILES string of the molecule is O=C(O)c1ccc(NC(=S)N2CCN(Cc3ccncc3)CC2)cc1Cl. The average Bonchev–Trinajstić information content (AvgIpc) is 2.63. The van der Waals surface area contributed by atoms with Crippen LogP contribution < -0.4 is 5.32 Å². The van der Waals surface area contributed by atoms with Crippen molar-refractivity contribution in [3.05, 3.63) is 58.9 Å². The summed E-state index contributed by atoms with van der Waals surface area (Å²) in [6, 6.07) is 8.78. The minimum Gasteiger partial charge on any atom is -0.478 e. The molecule has 1 aromatic heterocycles. The molecular weight excluding hydrogens is 372 g/mol. The Labute approximate surface area is 162 Å². The van der Waals surface area contributed by atoms with Crippen LogP contribution in [0.3, 0.4) is 0 Å². The molecule has 26 heavy (non-hydrogen) atoms. The van der Waals surface area contributed by atoms with Crippen LogP contribution in [0.2, 0.25) is 5.02 Å². The molecule has 1 aromatic carbocycles. The fourth-order valence-electron chi connectivity index (χ4n) is 2.82. The second kappa shape index (κ2) is 8.44. The second-order valence-electron chi connectivity index (χ2n) is 6.05. The topological polar surface area (TPSA) is 68.7 Å². The van der Waals surface area contributed by atoms with E-state index in [9.17, 15) is 4.79 Å². The van der Waals surface area contributed by atoms with Crippen molar-refractivity contribution in [2.24, 2.45) is 0 Å². The van der Waals surface area contributed by atoms with Crippen LogP contribution in [0, 0.1) is 0 Å². The van der Waals surface area contributed by atoms with Gasteiger partial charge >= 0.3 is 5.97 Å². The summed E-state index contributed by atoms with van der Waals surface area (Å²) in [6.45, 7) is 4.41. The van der Waals surface area contributed by atoms with Crippen molar-refractivity contribution in [2.45, 2.75) is 6.54 Å². The lowest BCUT2D eigenvalue weighted by Crippen LogP contribution is -2.49. The summed E-state index contributed by atoms with van der Waals surface area (Å²) >= 11 is 11.5. The molecule has 1 aliphatic rings. The Morgan fingerprint density at radius 2 is 1.88 bits per heavy atom. The zero-order valence-electron chi connectivity index (χ0n) is 14.1. The maximum absolute atomic E-state index is 11.0. The molecule has 3 rings (SSSR count). The zero-order chi connectivity index (χ0) is 18.5. The van der Waals surface area contributed by atoms with E-state index in [-0.39, 0.29) is 10.6 Å². The van der Waals surface area contributed by atoms with Crippen molar-refractivity contribution in [3.8, 4) is 0 Å². The highest BCUT2D eigenvalue weighted by Gasteiger charge is 2.19. The van der Waals surface area contributed by atoms with E-state index in [1.807, 2.05) is 24.5 Å². The van der Waals surface area contributed by atoms with Gasteiger partial charge in [0.1, 0.15) is 0 Å². The third-order valence-corrected chi connectivity index (χ3v) is 4.94. The first kappa shape index (κ1) is 18.6. The van der Waals surface area contributed by atoms with Crippen molar-refractivity contribution in [3.63, 3.8) is 0 Å². The third kappa shape index (κ3) is 4.69. The van der Waals surface area contributed by atoms with Crippen LogP contribution in [0.5, 0.6) is 0 Å². The summed E-state index contributed by atoms with van der Waals surface area (Å²) in [5.74, 6) is -1.05. The van der Waals surface area contributed by atoms with Crippen LogP contribution >= 0.6 is 23.8 Å². The van der Waals surface area contributed by atoms with Gasteiger partial charge in [-0.25, -0.2) is 4.79 Å². The Morgan fingerprint density at radius 1 is 1.19 bits per heavy atom. The van der Waals surface area contributed by atoms with Gasteiger partial charge in [-0.05, 0) is 48.1 Å². The molecule has 1 aliphatic heterocycles. The normalized spacial score (nSPS) is 14.9. The smallest absolute Gasteiger partial charge is 0.337 e. The molecule has 0 saturated carbocycles. The minimum absolute atomic E-state index is 0.0767. The van der Waals surface area contributed by atoms with Gasteiger partial charge in [0, 0.05) is 50.8 Å². The number of nitrogens with one attached hydrogen (secondary N) is 1. The van der Waals surface area contributed by atoms with E-state index in [0.717, 1.165) is 32.7 Å². The van der Waals surface area contributed by atoms with Gasteiger partial charge in [0.05, 0.1) is 10.6 Å². The summed E-state index contributed by atoms with van der Waals surface area (Å²) < 4.78 is 0. The molecule has 2 heterocycles. The quantitative estimate of drug-likeness (QED) is 0.778. The van der Waals surface area contributed by atoms with Crippen molar-refractivity contribution >= 4 is 40.6 Å². The number of aromatic nitrogens is 1. The van der Waals surface area contributed by atoms with Crippen LogP contribution in [0.4, 0.5) is 5.69 Å². The number of carbonyl (C=O) groups is 1. The number of piperazine rings is 1. The molecule has 0 unspecified atom stereocenters. The van der Waals surface area contributed by atoms with Gasteiger partial charge in [0.25, 0.3) is 0 Å². The Balaban J connectivity index is 1.52. The number of rotatable bonds is 4. The predicted octanol–water partition coefficient (Wildman–Crippen LogP) is 2.95. The molecule has 0 aliphatic carbocycles. The number of hydrogen-bond acceptors (Lipinski definition) is 4.